The molecule has 1 aromatic carbocycles. The van der Waals surface area contributed by atoms with E-state index in [9.17, 15) is 14.9 Å². The van der Waals surface area contributed by atoms with Gasteiger partial charge in [-0.2, -0.15) is 0 Å². The third-order valence-electron chi connectivity index (χ3n) is 2.50. The van der Waals surface area contributed by atoms with E-state index in [1.165, 1.54) is 6.07 Å². The lowest BCUT2D eigenvalue weighted by atomic mass is 10.1. The van der Waals surface area contributed by atoms with Gasteiger partial charge in [0.05, 0.1) is 23.1 Å². The molecule has 0 aliphatic heterocycles. The van der Waals surface area contributed by atoms with Gasteiger partial charge in [-0.05, 0) is 23.7 Å². The highest BCUT2D eigenvalue weighted by Gasteiger charge is 2.14. The minimum Gasteiger partial charge on any atom is -0.355 e. The molecular formula is C12H7N5O3. The van der Waals surface area contributed by atoms with Crippen LogP contribution in [0.1, 0.15) is 5.56 Å². The van der Waals surface area contributed by atoms with Gasteiger partial charge in [-0.25, -0.2) is 0 Å². The fraction of sp³-hybridized carbons (Fsp3) is 0.0833. The van der Waals surface area contributed by atoms with Crippen LogP contribution in [0.15, 0.2) is 34.3 Å². The van der Waals surface area contributed by atoms with Crippen molar-refractivity contribution in [1.82, 2.24) is 4.98 Å². The molecule has 1 aromatic heterocycles. The Morgan fingerprint density at radius 2 is 2.30 bits per heavy atom. The molecule has 0 saturated carbocycles. The molecule has 0 aliphatic rings. The van der Waals surface area contributed by atoms with E-state index < -0.39 is 16.0 Å². The predicted molar refractivity (Wildman–Crippen MR) is 72.1 cm³/mol. The number of H-pyrrole nitrogens is 1. The zero-order chi connectivity index (χ0) is 14.5. The van der Waals surface area contributed by atoms with Gasteiger partial charge in [0.15, 0.2) is 0 Å². The average Bonchev–Trinajstić information content (AvgIpc) is 2.44. The van der Waals surface area contributed by atoms with Crippen LogP contribution in [-0.4, -0.2) is 16.5 Å². The van der Waals surface area contributed by atoms with Crippen LogP contribution in [0.2, 0.25) is 0 Å². The number of nitrogens with one attached hydrogen (secondary N) is 1. The van der Waals surface area contributed by atoms with E-state index in [0.717, 1.165) is 6.20 Å². The average molecular weight is 269 g/mol. The number of nitro groups is 1. The van der Waals surface area contributed by atoms with Gasteiger partial charge in [0, 0.05) is 16.0 Å². The Morgan fingerprint density at radius 1 is 1.50 bits per heavy atom. The molecule has 8 heteroatoms. The van der Waals surface area contributed by atoms with Crippen molar-refractivity contribution >= 4 is 16.6 Å². The maximum Gasteiger partial charge on any atom is 0.332 e. The maximum absolute atomic E-state index is 11.9. The number of aromatic amines is 1. The van der Waals surface area contributed by atoms with Gasteiger partial charge in [-0.15, -0.1) is 0 Å². The van der Waals surface area contributed by atoms with Crippen molar-refractivity contribution in [3.05, 3.63) is 60.7 Å². The molecule has 2 aromatic rings. The second-order valence-corrected chi connectivity index (χ2v) is 3.71. The minimum atomic E-state index is -0.738. The molecule has 0 spiro atoms. The first kappa shape index (κ1) is 13.1. The molecule has 0 aliphatic carbocycles. The van der Waals surface area contributed by atoms with Crippen LogP contribution in [-0.2, 0) is 0 Å². The van der Waals surface area contributed by atoms with Gasteiger partial charge in [-0.1, -0.05) is 17.0 Å². The highest BCUT2D eigenvalue weighted by molar-refractivity contribution is 5.81. The van der Waals surface area contributed by atoms with Crippen molar-refractivity contribution < 1.29 is 4.92 Å². The Bertz CT molecular complexity index is 853. The number of benzene rings is 1. The molecule has 0 radical (unpaired) electrons. The fourth-order valence-corrected chi connectivity index (χ4v) is 1.63. The van der Waals surface area contributed by atoms with Crippen molar-refractivity contribution in [1.29, 1.82) is 0 Å². The van der Waals surface area contributed by atoms with Crippen LogP contribution in [0.5, 0.6) is 0 Å². The van der Waals surface area contributed by atoms with Crippen LogP contribution in [0.3, 0.4) is 0 Å². The van der Waals surface area contributed by atoms with Crippen LogP contribution in [0.4, 0.5) is 5.69 Å². The monoisotopic (exact) mass is 269 g/mol. The van der Waals surface area contributed by atoms with Crippen LogP contribution >= 0.6 is 0 Å². The third-order valence-corrected chi connectivity index (χ3v) is 2.50. The molecule has 1 N–H and O–H groups in total. The number of hydrogen-bond donors (Lipinski definition) is 1. The molecule has 0 bridgehead atoms. The normalized spacial score (nSPS) is 9.40. The molecular weight excluding hydrogens is 262 g/mol. The molecule has 98 valence electrons. The molecule has 8 nitrogen and oxygen atoms in total. The Kier molecular flexibility index (Phi) is 3.65. The minimum absolute atomic E-state index is 0.0137. The van der Waals surface area contributed by atoms with Crippen molar-refractivity contribution in [2.45, 2.75) is 0 Å². The second kappa shape index (κ2) is 5.56. The molecule has 0 saturated heterocycles. The molecule has 0 unspecified atom stereocenters. The standard InChI is InChI=1S/C12H7N5O3/c13-16-15-5-1-2-8-3-4-10-9(6-8)12(18)11(7-14-10)17(19)20/h3-4,6-7H,5H2,(H,14,18). The highest BCUT2D eigenvalue weighted by Crippen LogP contribution is 2.13. The summed E-state index contributed by atoms with van der Waals surface area (Å²) in [5, 5.41) is 14.1. The van der Waals surface area contributed by atoms with Gasteiger partial charge in [0.1, 0.15) is 0 Å². The van der Waals surface area contributed by atoms with Crippen molar-refractivity contribution in [3.8, 4) is 11.8 Å². The molecule has 1 heterocycles. The van der Waals surface area contributed by atoms with E-state index in [1.807, 2.05) is 0 Å². The van der Waals surface area contributed by atoms with E-state index >= 15 is 0 Å². The van der Waals surface area contributed by atoms with Gasteiger partial charge in [0.2, 0.25) is 0 Å². The summed E-state index contributed by atoms with van der Waals surface area (Å²) < 4.78 is 0. The van der Waals surface area contributed by atoms with Crippen molar-refractivity contribution in [2.24, 2.45) is 5.11 Å². The topological polar surface area (TPSA) is 125 Å². The first-order valence-electron chi connectivity index (χ1n) is 5.43. The number of fused-ring (bicyclic) bond motifs is 1. The van der Waals surface area contributed by atoms with Crippen LogP contribution in [0, 0.1) is 22.0 Å². The number of azide groups is 1. The largest absolute Gasteiger partial charge is 0.355 e. The highest BCUT2D eigenvalue weighted by atomic mass is 16.6. The first-order chi connectivity index (χ1) is 9.63. The number of hydrogen-bond acceptors (Lipinski definition) is 4. The SMILES string of the molecule is [N-]=[N+]=NCC#Cc1ccc2[nH]cc([N+](=O)[O-])c(=O)c2c1. The van der Waals surface area contributed by atoms with Crippen LogP contribution < -0.4 is 5.43 Å². The lowest BCUT2D eigenvalue weighted by Gasteiger charge is -1.98. The van der Waals surface area contributed by atoms with E-state index in [0.29, 0.717) is 11.1 Å². The van der Waals surface area contributed by atoms with Crippen molar-refractivity contribution in [3.63, 3.8) is 0 Å². The first-order valence-corrected chi connectivity index (χ1v) is 5.43. The summed E-state index contributed by atoms with van der Waals surface area (Å²) in [7, 11) is 0. The van der Waals surface area contributed by atoms with Gasteiger partial charge in [-0.3, -0.25) is 14.9 Å². The predicted octanol–water partition coefficient (Wildman–Crippen LogP) is 2.10. The summed E-state index contributed by atoms with van der Waals surface area (Å²) in [5.41, 5.74) is 7.92. The number of pyridine rings is 1. The Labute approximate surface area is 111 Å². The summed E-state index contributed by atoms with van der Waals surface area (Å²) in [6, 6.07) is 4.73. The van der Waals surface area contributed by atoms with E-state index in [4.69, 9.17) is 5.53 Å². The summed E-state index contributed by atoms with van der Waals surface area (Å²) in [6.07, 6.45) is 1.07. The van der Waals surface area contributed by atoms with Gasteiger partial charge in [0.25, 0.3) is 5.43 Å². The summed E-state index contributed by atoms with van der Waals surface area (Å²) in [4.78, 5) is 27.1. The number of nitrogens with zero attached hydrogens (tertiary/aromatic N) is 4. The fourth-order valence-electron chi connectivity index (χ4n) is 1.63. The summed E-state index contributed by atoms with van der Waals surface area (Å²) >= 11 is 0. The number of aromatic nitrogens is 1. The maximum atomic E-state index is 11.9. The molecule has 0 fully saturated rings. The third kappa shape index (κ3) is 2.58. The Morgan fingerprint density at radius 3 is 3.00 bits per heavy atom. The quantitative estimate of drug-likeness (QED) is 0.224. The van der Waals surface area contributed by atoms with Crippen molar-refractivity contribution in [2.75, 3.05) is 6.54 Å². The molecule has 0 atom stereocenters. The molecule has 0 amide bonds. The Hall–Kier alpha value is -3.30. The summed E-state index contributed by atoms with van der Waals surface area (Å²) in [6.45, 7) is 0.0137. The van der Waals surface area contributed by atoms with Gasteiger partial charge < -0.3 is 4.98 Å². The molecule has 2 rings (SSSR count). The van der Waals surface area contributed by atoms with E-state index in [1.54, 1.807) is 12.1 Å². The Balaban J connectivity index is 2.54. The number of rotatable bonds is 2. The van der Waals surface area contributed by atoms with E-state index in [2.05, 4.69) is 26.9 Å². The lowest BCUT2D eigenvalue weighted by Crippen LogP contribution is -2.09. The molecule has 20 heavy (non-hydrogen) atoms. The van der Waals surface area contributed by atoms with Crippen LogP contribution in [0.25, 0.3) is 21.3 Å². The summed E-state index contributed by atoms with van der Waals surface area (Å²) in [5.74, 6) is 5.32. The van der Waals surface area contributed by atoms with Gasteiger partial charge >= 0.3 is 5.69 Å². The smallest absolute Gasteiger partial charge is 0.332 e. The van der Waals surface area contributed by atoms with E-state index in [-0.39, 0.29) is 11.9 Å². The zero-order valence-electron chi connectivity index (χ0n) is 10.0. The second-order valence-electron chi connectivity index (χ2n) is 3.71. The zero-order valence-corrected chi connectivity index (χ0v) is 10.0. The lowest BCUT2D eigenvalue weighted by molar-refractivity contribution is -0.386.